The Balaban J connectivity index is 1.49. The van der Waals surface area contributed by atoms with E-state index in [2.05, 4.69) is 33.9 Å². The Hall–Kier alpha value is -2.77. The number of aromatic nitrogens is 2. The summed E-state index contributed by atoms with van der Waals surface area (Å²) in [4.78, 5) is 11.2. The first-order valence-corrected chi connectivity index (χ1v) is 10.7. The normalized spacial score (nSPS) is 15.5. The monoisotopic (exact) mass is 394 g/mol. The van der Waals surface area contributed by atoms with E-state index >= 15 is 0 Å². The van der Waals surface area contributed by atoms with E-state index < -0.39 is 10.0 Å². The zero-order valence-electron chi connectivity index (χ0n) is 15.7. The summed E-state index contributed by atoms with van der Waals surface area (Å²) in [6.07, 6.45) is 1.57. The molecule has 0 spiro atoms. The molecule has 6 nitrogen and oxygen atoms in total. The lowest BCUT2D eigenvalue weighted by atomic mass is 10.1. The maximum atomic E-state index is 12.8. The van der Waals surface area contributed by atoms with Crippen molar-refractivity contribution in [1.82, 2.24) is 14.3 Å². The molecule has 4 rings (SSSR count). The van der Waals surface area contributed by atoms with Crippen LogP contribution in [0.1, 0.15) is 5.56 Å². The molecule has 144 valence electrons. The molecule has 0 amide bonds. The maximum absolute atomic E-state index is 12.8. The van der Waals surface area contributed by atoms with Gasteiger partial charge >= 0.3 is 0 Å². The van der Waals surface area contributed by atoms with Gasteiger partial charge in [0.05, 0.1) is 10.6 Å². The summed E-state index contributed by atoms with van der Waals surface area (Å²) in [5, 5.41) is 0. The van der Waals surface area contributed by atoms with E-state index in [0.717, 1.165) is 17.1 Å². The summed E-state index contributed by atoms with van der Waals surface area (Å²) < 4.78 is 27.1. The average molecular weight is 395 g/mol. The first-order valence-electron chi connectivity index (χ1n) is 9.23. The molecule has 0 aliphatic carbocycles. The quantitative estimate of drug-likeness (QED) is 0.681. The molecule has 1 aliphatic rings. The first-order chi connectivity index (χ1) is 13.5. The molecule has 0 bridgehead atoms. The van der Waals surface area contributed by atoms with E-state index in [1.54, 1.807) is 34.9 Å². The Labute approximate surface area is 165 Å². The Morgan fingerprint density at radius 3 is 2.32 bits per heavy atom. The van der Waals surface area contributed by atoms with E-state index in [1.807, 2.05) is 24.3 Å². The molecule has 0 N–H and O–H groups in total. The lowest BCUT2D eigenvalue weighted by molar-refractivity contribution is 0.384. The summed E-state index contributed by atoms with van der Waals surface area (Å²) >= 11 is 0. The maximum Gasteiger partial charge on any atom is 0.243 e. The fourth-order valence-electron chi connectivity index (χ4n) is 3.38. The van der Waals surface area contributed by atoms with Crippen molar-refractivity contribution >= 4 is 15.8 Å². The number of aryl methyl sites for hydroxylation is 1. The number of rotatable bonds is 4. The van der Waals surface area contributed by atoms with Crippen LogP contribution < -0.4 is 4.90 Å². The zero-order valence-corrected chi connectivity index (χ0v) is 16.5. The third-order valence-electron chi connectivity index (χ3n) is 4.91. The van der Waals surface area contributed by atoms with Crippen LogP contribution in [0.2, 0.25) is 0 Å². The van der Waals surface area contributed by atoms with Crippen LogP contribution >= 0.6 is 0 Å². The second-order valence-corrected chi connectivity index (χ2v) is 8.77. The number of piperazine rings is 1. The van der Waals surface area contributed by atoms with Crippen molar-refractivity contribution in [2.75, 3.05) is 31.1 Å². The summed E-state index contributed by atoms with van der Waals surface area (Å²) in [6.45, 7) is 4.10. The number of anilines is 1. The minimum absolute atomic E-state index is 0.340. The number of sulfonamides is 1. The number of nitrogens with zero attached hydrogens (tertiary/aromatic N) is 4. The van der Waals surface area contributed by atoms with Gasteiger partial charge in [-0.1, -0.05) is 42.0 Å². The highest BCUT2D eigenvalue weighted by molar-refractivity contribution is 7.89. The van der Waals surface area contributed by atoms with Crippen molar-refractivity contribution in [3.8, 4) is 11.3 Å². The van der Waals surface area contributed by atoms with Crippen LogP contribution in [-0.2, 0) is 10.0 Å². The fourth-order valence-corrected chi connectivity index (χ4v) is 4.82. The van der Waals surface area contributed by atoms with Crippen molar-refractivity contribution in [1.29, 1.82) is 0 Å². The highest BCUT2D eigenvalue weighted by atomic mass is 32.2. The topological polar surface area (TPSA) is 66.4 Å². The van der Waals surface area contributed by atoms with E-state index in [1.165, 1.54) is 5.56 Å². The van der Waals surface area contributed by atoms with Crippen LogP contribution in [0.25, 0.3) is 11.3 Å². The van der Waals surface area contributed by atoms with E-state index in [-0.39, 0.29) is 0 Å². The number of benzene rings is 2. The first kappa shape index (κ1) is 18.6. The average Bonchev–Trinajstić information content (AvgIpc) is 2.74. The Kier molecular flexibility index (Phi) is 5.11. The highest BCUT2D eigenvalue weighted by Gasteiger charge is 2.28. The molecule has 3 aromatic rings. The van der Waals surface area contributed by atoms with Crippen molar-refractivity contribution in [2.24, 2.45) is 0 Å². The molecule has 0 saturated carbocycles. The van der Waals surface area contributed by atoms with Crippen LogP contribution in [0.15, 0.2) is 71.9 Å². The molecule has 0 unspecified atom stereocenters. The molecule has 2 aromatic carbocycles. The number of hydrogen-bond donors (Lipinski definition) is 0. The molecule has 7 heteroatoms. The SMILES string of the molecule is Cc1cccc(-c2cc(N3CCN(S(=O)(=O)c4ccccc4)CC3)ncn2)c1. The van der Waals surface area contributed by atoms with Crippen LogP contribution in [0.5, 0.6) is 0 Å². The van der Waals surface area contributed by atoms with E-state index in [9.17, 15) is 8.42 Å². The molecule has 0 atom stereocenters. The second-order valence-electron chi connectivity index (χ2n) is 6.84. The zero-order chi connectivity index (χ0) is 19.6. The minimum Gasteiger partial charge on any atom is -0.354 e. The molecule has 1 fully saturated rings. The van der Waals surface area contributed by atoms with Gasteiger partial charge < -0.3 is 4.90 Å². The largest absolute Gasteiger partial charge is 0.354 e. The van der Waals surface area contributed by atoms with Gasteiger partial charge in [0.25, 0.3) is 0 Å². The molecule has 2 heterocycles. The molecular weight excluding hydrogens is 372 g/mol. The van der Waals surface area contributed by atoms with Crippen molar-refractivity contribution in [2.45, 2.75) is 11.8 Å². The predicted molar refractivity (Wildman–Crippen MR) is 110 cm³/mol. The van der Waals surface area contributed by atoms with Crippen molar-refractivity contribution < 1.29 is 8.42 Å². The summed E-state index contributed by atoms with van der Waals surface area (Å²) in [5.41, 5.74) is 3.10. The third kappa shape index (κ3) is 3.76. The summed E-state index contributed by atoms with van der Waals surface area (Å²) in [7, 11) is -3.45. The van der Waals surface area contributed by atoms with Crippen LogP contribution in [0.3, 0.4) is 0 Å². The molecule has 1 aliphatic heterocycles. The van der Waals surface area contributed by atoms with Gasteiger partial charge in [-0.2, -0.15) is 4.31 Å². The minimum atomic E-state index is -3.45. The van der Waals surface area contributed by atoms with Crippen LogP contribution in [0.4, 0.5) is 5.82 Å². The van der Waals surface area contributed by atoms with Gasteiger partial charge in [-0.3, -0.25) is 0 Å². The molecule has 28 heavy (non-hydrogen) atoms. The van der Waals surface area contributed by atoms with Gasteiger partial charge in [-0.15, -0.1) is 0 Å². The lowest BCUT2D eigenvalue weighted by Crippen LogP contribution is -2.48. The number of hydrogen-bond acceptors (Lipinski definition) is 5. The molecule has 1 aromatic heterocycles. The molecular formula is C21H22N4O2S. The van der Waals surface area contributed by atoms with Crippen molar-refractivity contribution in [3.05, 3.63) is 72.6 Å². The Morgan fingerprint density at radius 2 is 1.61 bits per heavy atom. The summed E-state index contributed by atoms with van der Waals surface area (Å²) in [6, 6.07) is 18.7. The lowest BCUT2D eigenvalue weighted by Gasteiger charge is -2.34. The Morgan fingerprint density at radius 1 is 0.857 bits per heavy atom. The molecule has 1 saturated heterocycles. The van der Waals surface area contributed by atoms with E-state index in [4.69, 9.17) is 0 Å². The smallest absolute Gasteiger partial charge is 0.243 e. The van der Waals surface area contributed by atoms with Gasteiger partial charge in [0, 0.05) is 37.8 Å². The van der Waals surface area contributed by atoms with Crippen LogP contribution in [0, 0.1) is 6.92 Å². The van der Waals surface area contributed by atoms with Gasteiger partial charge in [0.2, 0.25) is 10.0 Å². The van der Waals surface area contributed by atoms with Gasteiger partial charge in [0.15, 0.2) is 0 Å². The molecule has 0 radical (unpaired) electrons. The van der Waals surface area contributed by atoms with Crippen molar-refractivity contribution in [3.63, 3.8) is 0 Å². The Bertz CT molecular complexity index is 1060. The fraction of sp³-hybridized carbons (Fsp3) is 0.238. The van der Waals surface area contributed by atoms with E-state index in [0.29, 0.717) is 31.1 Å². The van der Waals surface area contributed by atoms with Gasteiger partial charge in [-0.05, 0) is 25.1 Å². The highest BCUT2D eigenvalue weighted by Crippen LogP contribution is 2.24. The van der Waals surface area contributed by atoms with Crippen LogP contribution in [-0.4, -0.2) is 48.9 Å². The standard InChI is InChI=1S/C21H22N4O2S/c1-17-6-5-7-18(14-17)20-15-21(23-16-22-20)24-10-12-25(13-11-24)28(26,27)19-8-3-2-4-9-19/h2-9,14-16H,10-13H2,1H3. The summed E-state index contributed by atoms with van der Waals surface area (Å²) in [5.74, 6) is 0.822. The van der Waals surface area contributed by atoms with Gasteiger partial charge in [-0.25, -0.2) is 18.4 Å². The second kappa shape index (κ2) is 7.69. The predicted octanol–water partition coefficient (Wildman–Crippen LogP) is 2.96. The third-order valence-corrected chi connectivity index (χ3v) is 6.82. The van der Waals surface area contributed by atoms with Gasteiger partial charge in [0.1, 0.15) is 12.1 Å².